The molecule has 0 aliphatic carbocycles. The molecule has 0 saturated heterocycles. The van der Waals surface area contributed by atoms with Gasteiger partial charge in [0, 0.05) is 5.69 Å². The van der Waals surface area contributed by atoms with Crippen LogP contribution in [0.1, 0.15) is 11.1 Å². The van der Waals surface area contributed by atoms with Crippen molar-refractivity contribution in [1.29, 1.82) is 0 Å². The van der Waals surface area contributed by atoms with Gasteiger partial charge in [0.25, 0.3) is 10.0 Å². The Labute approximate surface area is 140 Å². The molecule has 130 valence electrons. The van der Waals surface area contributed by atoms with Crippen LogP contribution < -0.4 is 10.0 Å². The van der Waals surface area contributed by atoms with Crippen molar-refractivity contribution >= 4 is 33.0 Å². The van der Waals surface area contributed by atoms with Crippen molar-refractivity contribution in [3.05, 3.63) is 46.8 Å². The third-order valence-corrected chi connectivity index (χ3v) is 5.81. The van der Waals surface area contributed by atoms with Crippen molar-refractivity contribution in [1.82, 2.24) is 4.72 Å². The van der Waals surface area contributed by atoms with E-state index in [4.69, 9.17) is 0 Å². The molecule has 1 aromatic heterocycles. The van der Waals surface area contributed by atoms with Gasteiger partial charge >= 0.3 is 6.18 Å². The predicted octanol–water partition coefficient (Wildman–Crippen LogP) is 2.99. The molecule has 0 aliphatic heterocycles. The Morgan fingerprint density at radius 3 is 2.54 bits per heavy atom. The molecule has 0 atom stereocenters. The van der Waals surface area contributed by atoms with Gasteiger partial charge in [-0.2, -0.15) is 13.2 Å². The minimum Gasteiger partial charge on any atom is -0.325 e. The fraction of sp³-hybridized carbons (Fsp3) is 0.214. The van der Waals surface area contributed by atoms with Crippen LogP contribution in [0.3, 0.4) is 0 Å². The Morgan fingerprint density at radius 1 is 1.25 bits per heavy atom. The number of amides is 1. The minimum atomic E-state index is -4.54. The van der Waals surface area contributed by atoms with Crippen LogP contribution in [-0.2, 0) is 21.0 Å². The summed E-state index contributed by atoms with van der Waals surface area (Å²) in [7, 11) is -3.81. The summed E-state index contributed by atoms with van der Waals surface area (Å²) in [5.41, 5.74) is -0.897. The van der Waals surface area contributed by atoms with Crippen LogP contribution in [-0.4, -0.2) is 20.9 Å². The van der Waals surface area contributed by atoms with E-state index in [1.54, 1.807) is 11.4 Å². The van der Waals surface area contributed by atoms with Gasteiger partial charge < -0.3 is 5.32 Å². The summed E-state index contributed by atoms with van der Waals surface area (Å²) in [6.45, 7) is 0.721. The lowest BCUT2D eigenvalue weighted by Crippen LogP contribution is -2.32. The van der Waals surface area contributed by atoms with Crippen LogP contribution in [0.5, 0.6) is 0 Å². The summed E-state index contributed by atoms with van der Waals surface area (Å²) in [4.78, 5) is 11.8. The van der Waals surface area contributed by atoms with E-state index in [0.29, 0.717) is 0 Å². The monoisotopic (exact) mass is 378 g/mol. The molecule has 10 heteroatoms. The fourth-order valence-corrected chi connectivity index (χ4v) is 3.88. The average molecular weight is 378 g/mol. The lowest BCUT2D eigenvalue weighted by molar-refractivity contribution is -0.138. The number of hydrogen-bond acceptors (Lipinski definition) is 4. The first-order valence-electron chi connectivity index (χ1n) is 6.60. The summed E-state index contributed by atoms with van der Waals surface area (Å²) in [6.07, 6.45) is -4.54. The number of thiophene rings is 1. The first-order chi connectivity index (χ1) is 11.1. The number of nitrogens with one attached hydrogen (secondary N) is 2. The van der Waals surface area contributed by atoms with Gasteiger partial charge in [-0.3, -0.25) is 4.79 Å². The Kier molecular flexibility index (Phi) is 5.31. The second-order valence-electron chi connectivity index (χ2n) is 4.83. The van der Waals surface area contributed by atoms with E-state index in [2.05, 4.69) is 10.0 Å². The highest BCUT2D eigenvalue weighted by molar-refractivity contribution is 7.91. The highest BCUT2D eigenvalue weighted by atomic mass is 32.2. The molecule has 2 N–H and O–H groups in total. The van der Waals surface area contributed by atoms with Gasteiger partial charge in [0.2, 0.25) is 5.91 Å². The van der Waals surface area contributed by atoms with Gasteiger partial charge in [-0.05, 0) is 36.1 Å². The van der Waals surface area contributed by atoms with Crippen molar-refractivity contribution < 1.29 is 26.4 Å². The number of rotatable bonds is 5. The normalized spacial score (nSPS) is 12.2. The van der Waals surface area contributed by atoms with Gasteiger partial charge in [-0.15, -0.1) is 11.3 Å². The van der Waals surface area contributed by atoms with Crippen molar-refractivity contribution in [3.63, 3.8) is 0 Å². The van der Waals surface area contributed by atoms with E-state index < -0.39 is 34.2 Å². The van der Waals surface area contributed by atoms with Gasteiger partial charge in [-0.1, -0.05) is 12.1 Å². The van der Waals surface area contributed by atoms with E-state index >= 15 is 0 Å². The highest BCUT2D eigenvalue weighted by Crippen LogP contribution is 2.33. The molecule has 1 amide bonds. The number of aryl methyl sites for hydroxylation is 1. The Bertz CT molecular complexity index is 831. The lowest BCUT2D eigenvalue weighted by atomic mass is 10.1. The molecule has 0 spiro atoms. The number of carbonyl (C=O) groups excluding carboxylic acids is 1. The molecule has 0 saturated carbocycles. The molecular weight excluding hydrogens is 365 g/mol. The molecule has 0 aliphatic rings. The maximum absolute atomic E-state index is 12.8. The summed E-state index contributed by atoms with van der Waals surface area (Å²) in [5.74, 6) is -0.771. The SMILES string of the molecule is Cc1ccc(NC(=O)CNS(=O)(=O)c2cccs2)cc1C(F)(F)F. The molecule has 0 bridgehead atoms. The third kappa shape index (κ3) is 4.56. The van der Waals surface area contributed by atoms with Gasteiger partial charge in [0.1, 0.15) is 4.21 Å². The number of alkyl halides is 3. The third-order valence-electron chi connectivity index (χ3n) is 3.01. The molecule has 1 aromatic carbocycles. The second-order valence-corrected chi connectivity index (χ2v) is 7.77. The van der Waals surface area contributed by atoms with Crippen molar-refractivity contribution in [2.24, 2.45) is 0 Å². The number of hydrogen-bond donors (Lipinski definition) is 2. The average Bonchev–Trinajstić information content (AvgIpc) is 3.01. The minimum absolute atomic E-state index is 0.0268. The molecule has 0 fully saturated rings. The number of anilines is 1. The number of carbonyl (C=O) groups is 1. The molecule has 24 heavy (non-hydrogen) atoms. The molecule has 1 heterocycles. The maximum Gasteiger partial charge on any atom is 0.416 e. The van der Waals surface area contributed by atoms with Crippen molar-refractivity contribution in [3.8, 4) is 0 Å². The van der Waals surface area contributed by atoms with E-state index in [-0.39, 0.29) is 15.5 Å². The first kappa shape index (κ1) is 18.4. The van der Waals surface area contributed by atoms with Crippen LogP contribution in [0.4, 0.5) is 18.9 Å². The molecule has 5 nitrogen and oxygen atoms in total. The van der Waals surface area contributed by atoms with Crippen LogP contribution in [0, 0.1) is 6.92 Å². The van der Waals surface area contributed by atoms with Crippen molar-refractivity contribution in [2.75, 3.05) is 11.9 Å². The lowest BCUT2D eigenvalue weighted by Gasteiger charge is -2.13. The Morgan fingerprint density at radius 2 is 1.96 bits per heavy atom. The van der Waals surface area contributed by atoms with Crippen molar-refractivity contribution in [2.45, 2.75) is 17.3 Å². The smallest absolute Gasteiger partial charge is 0.325 e. The van der Waals surface area contributed by atoms with Crippen LogP contribution >= 0.6 is 11.3 Å². The maximum atomic E-state index is 12.8. The quantitative estimate of drug-likeness (QED) is 0.840. The Balaban J connectivity index is 2.03. The van der Waals surface area contributed by atoms with Crippen LogP contribution in [0.25, 0.3) is 0 Å². The zero-order valence-corrected chi connectivity index (χ0v) is 14.0. The highest BCUT2D eigenvalue weighted by Gasteiger charge is 2.32. The summed E-state index contributed by atoms with van der Waals surface area (Å²) in [5, 5.41) is 3.81. The Hall–Kier alpha value is -1.91. The van der Waals surface area contributed by atoms with E-state index in [9.17, 15) is 26.4 Å². The van der Waals surface area contributed by atoms with E-state index in [0.717, 1.165) is 17.4 Å². The van der Waals surface area contributed by atoms with Crippen LogP contribution in [0.15, 0.2) is 39.9 Å². The zero-order valence-electron chi connectivity index (χ0n) is 12.3. The van der Waals surface area contributed by atoms with Crippen LogP contribution in [0.2, 0.25) is 0 Å². The fourth-order valence-electron chi connectivity index (χ4n) is 1.86. The number of halogens is 3. The largest absolute Gasteiger partial charge is 0.416 e. The van der Waals surface area contributed by atoms with Gasteiger partial charge in [0.15, 0.2) is 0 Å². The second kappa shape index (κ2) is 6.91. The molecule has 2 rings (SSSR count). The standard InChI is InChI=1S/C14H13F3N2O3S2/c1-9-4-5-10(7-11(9)14(15,16)17)19-12(20)8-18-24(21,22)13-3-2-6-23-13/h2-7,18H,8H2,1H3,(H,19,20). The van der Waals surface area contributed by atoms with E-state index in [1.807, 2.05) is 0 Å². The summed E-state index contributed by atoms with van der Waals surface area (Å²) >= 11 is 0.985. The summed E-state index contributed by atoms with van der Waals surface area (Å²) in [6, 6.07) is 6.27. The van der Waals surface area contributed by atoms with E-state index in [1.165, 1.54) is 25.1 Å². The number of sulfonamides is 1. The van der Waals surface area contributed by atoms with Gasteiger partial charge in [0.05, 0.1) is 12.1 Å². The van der Waals surface area contributed by atoms with Gasteiger partial charge in [-0.25, -0.2) is 13.1 Å². The number of benzene rings is 1. The zero-order chi connectivity index (χ0) is 18.0. The topological polar surface area (TPSA) is 75.3 Å². The molecule has 0 radical (unpaired) electrons. The summed E-state index contributed by atoms with van der Waals surface area (Å²) < 4.78 is 64.3. The molecule has 2 aromatic rings. The first-order valence-corrected chi connectivity index (χ1v) is 8.97. The molecular formula is C14H13F3N2O3S2. The predicted molar refractivity (Wildman–Crippen MR) is 84.3 cm³/mol. The molecule has 0 unspecified atom stereocenters.